The van der Waals surface area contributed by atoms with E-state index in [1.165, 1.54) is 17.4 Å². The van der Waals surface area contributed by atoms with Gasteiger partial charge in [0, 0.05) is 23.2 Å². The van der Waals surface area contributed by atoms with Crippen molar-refractivity contribution in [3.63, 3.8) is 0 Å². The molecule has 0 amide bonds. The molecule has 4 nitrogen and oxygen atoms in total. The van der Waals surface area contributed by atoms with Gasteiger partial charge in [0.05, 0.1) is 13.6 Å². The van der Waals surface area contributed by atoms with Gasteiger partial charge in [-0.1, -0.05) is 48.3 Å². The minimum Gasteiger partial charge on any atom is -0.310 e. The monoisotopic (exact) mass is 344 g/mol. The van der Waals surface area contributed by atoms with Crippen molar-refractivity contribution in [2.45, 2.75) is 19.4 Å². The smallest absolute Gasteiger partial charge is 0.272 e. The SMILES string of the molecule is CCNC(Cc1ccccc1[N+](=O)[O-])c1cc(Cl)sc1Cl. The topological polar surface area (TPSA) is 55.2 Å². The predicted octanol–water partition coefficient (Wildman–Crippen LogP) is 4.86. The van der Waals surface area contributed by atoms with Crippen LogP contribution in [0.15, 0.2) is 30.3 Å². The lowest BCUT2D eigenvalue weighted by Crippen LogP contribution is -2.23. The summed E-state index contributed by atoms with van der Waals surface area (Å²) in [4.78, 5) is 10.7. The van der Waals surface area contributed by atoms with E-state index in [1.807, 2.05) is 13.0 Å². The maximum Gasteiger partial charge on any atom is 0.272 e. The predicted molar refractivity (Wildman–Crippen MR) is 87.6 cm³/mol. The second-order valence-corrected chi connectivity index (χ2v) is 6.77. The van der Waals surface area contributed by atoms with Crippen LogP contribution in [0.5, 0.6) is 0 Å². The number of likely N-dealkylation sites (N-methyl/N-ethyl adjacent to an activating group) is 1. The molecule has 0 radical (unpaired) electrons. The van der Waals surface area contributed by atoms with E-state index in [-0.39, 0.29) is 16.7 Å². The van der Waals surface area contributed by atoms with Crippen LogP contribution in [0, 0.1) is 10.1 Å². The molecule has 0 aliphatic heterocycles. The first-order valence-corrected chi connectivity index (χ1v) is 8.00. The lowest BCUT2D eigenvalue weighted by molar-refractivity contribution is -0.385. The summed E-state index contributed by atoms with van der Waals surface area (Å²) in [5.74, 6) is 0. The molecule has 112 valence electrons. The van der Waals surface area contributed by atoms with Crippen LogP contribution in [0.3, 0.4) is 0 Å². The van der Waals surface area contributed by atoms with E-state index in [2.05, 4.69) is 5.32 Å². The Kier molecular flexibility index (Phi) is 5.58. The van der Waals surface area contributed by atoms with Crippen molar-refractivity contribution in [2.75, 3.05) is 6.54 Å². The summed E-state index contributed by atoms with van der Waals surface area (Å²) >= 11 is 13.5. The van der Waals surface area contributed by atoms with E-state index in [9.17, 15) is 10.1 Å². The Bertz CT molecular complexity index is 646. The van der Waals surface area contributed by atoms with E-state index in [4.69, 9.17) is 23.2 Å². The van der Waals surface area contributed by atoms with E-state index in [0.29, 0.717) is 20.7 Å². The molecule has 0 spiro atoms. The van der Waals surface area contributed by atoms with Crippen LogP contribution >= 0.6 is 34.5 Å². The molecule has 0 fully saturated rings. The van der Waals surface area contributed by atoms with Crippen molar-refractivity contribution in [2.24, 2.45) is 0 Å². The van der Waals surface area contributed by atoms with Crippen LogP contribution in [0.4, 0.5) is 5.69 Å². The standard InChI is InChI=1S/C14H14Cl2N2O2S/c1-2-17-11(10-8-13(15)21-14(10)16)7-9-5-3-4-6-12(9)18(19)20/h3-6,8,11,17H,2,7H2,1H3. The average molecular weight is 345 g/mol. The van der Waals surface area contributed by atoms with Crippen LogP contribution in [0.1, 0.15) is 24.1 Å². The highest BCUT2D eigenvalue weighted by molar-refractivity contribution is 7.20. The Hall–Kier alpha value is -1.14. The maximum atomic E-state index is 11.1. The first-order chi connectivity index (χ1) is 10.0. The molecule has 1 heterocycles. The third-order valence-corrected chi connectivity index (χ3v) is 4.64. The summed E-state index contributed by atoms with van der Waals surface area (Å²) in [5, 5.41) is 14.4. The molecule has 1 unspecified atom stereocenters. The largest absolute Gasteiger partial charge is 0.310 e. The van der Waals surface area contributed by atoms with Gasteiger partial charge in [0.2, 0.25) is 0 Å². The zero-order chi connectivity index (χ0) is 15.4. The van der Waals surface area contributed by atoms with Gasteiger partial charge in [-0.15, -0.1) is 11.3 Å². The fourth-order valence-electron chi connectivity index (χ4n) is 2.21. The maximum absolute atomic E-state index is 11.1. The van der Waals surface area contributed by atoms with E-state index in [1.54, 1.807) is 18.2 Å². The number of nitrogens with one attached hydrogen (secondary N) is 1. The van der Waals surface area contributed by atoms with Gasteiger partial charge in [-0.25, -0.2) is 0 Å². The van der Waals surface area contributed by atoms with E-state index in [0.717, 1.165) is 12.1 Å². The fraction of sp³-hybridized carbons (Fsp3) is 0.286. The molecule has 1 aromatic carbocycles. The van der Waals surface area contributed by atoms with Gasteiger partial charge in [0.1, 0.15) is 0 Å². The van der Waals surface area contributed by atoms with Crippen LogP contribution in [-0.2, 0) is 6.42 Å². The van der Waals surface area contributed by atoms with Crippen molar-refractivity contribution in [1.29, 1.82) is 0 Å². The highest BCUT2D eigenvalue weighted by atomic mass is 35.5. The normalized spacial score (nSPS) is 12.3. The van der Waals surface area contributed by atoms with E-state index < -0.39 is 0 Å². The summed E-state index contributed by atoms with van der Waals surface area (Å²) < 4.78 is 1.23. The van der Waals surface area contributed by atoms with Gasteiger partial charge < -0.3 is 5.32 Å². The summed E-state index contributed by atoms with van der Waals surface area (Å²) in [5.41, 5.74) is 1.68. The third kappa shape index (κ3) is 3.95. The first-order valence-electron chi connectivity index (χ1n) is 6.43. The second kappa shape index (κ2) is 7.22. The van der Waals surface area contributed by atoms with Crippen molar-refractivity contribution in [3.8, 4) is 0 Å². The number of benzene rings is 1. The highest BCUT2D eigenvalue weighted by Crippen LogP contribution is 2.37. The number of hydrogen-bond donors (Lipinski definition) is 1. The molecule has 1 atom stereocenters. The molecule has 1 N–H and O–H groups in total. The van der Waals surface area contributed by atoms with Gasteiger partial charge in [0.25, 0.3) is 5.69 Å². The van der Waals surface area contributed by atoms with Crippen molar-refractivity contribution >= 4 is 40.2 Å². The van der Waals surface area contributed by atoms with Crippen molar-refractivity contribution in [3.05, 3.63) is 60.2 Å². The number of halogens is 2. The molecule has 0 saturated carbocycles. The lowest BCUT2D eigenvalue weighted by atomic mass is 10.00. The molecule has 0 aliphatic carbocycles. The highest BCUT2D eigenvalue weighted by Gasteiger charge is 2.21. The van der Waals surface area contributed by atoms with Gasteiger partial charge in [-0.05, 0) is 19.0 Å². The Morgan fingerprint density at radius 3 is 2.67 bits per heavy atom. The number of hydrogen-bond acceptors (Lipinski definition) is 4. The number of thiophene rings is 1. The molecule has 2 aromatic rings. The molecule has 0 bridgehead atoms. The first kappa shape index (κ1) is 16.2. The van der Waals surface area contributed by atoms with Crippen molar-refractivity contribution < 1.29 is 4.92 Å². The van der Waals surface area contributed by atoms with E-state index >= 15 is 0 Å². The Labute approximate surface area is 136 Å². The van der Waals surface area contributed by atoms with Crippen LogP contribution < -0.4 is 5.32 Å². The van der Waals surface area contributed by atoms with Crippen LogP contribution in [0.25, 0.3) is 0 Å². The van der Waals surface area contributed by atoms with Gasteiger partial charge >= 0.3 is 0 Å². The Balaban J connectivity index is 2.33. The summed E-state index contributed by atoms with van der Waals surface area (Å²) in [6.45, 7) is 2.71. The summed E-state index contributed by atoms with van der Waals surface area (Å²) in [7, 11) is 0. The van der Waals surface area contributed by atoms with Crippen LogP contribution in [0.2, 0.25) is 8.67 Å². The van der Waals surface area contributed by atoms with Crippen molar-refractivity contribution in [1.82, 2.24) is 5.32 Å². The molecule has 0 saturated heterocycles. The average Bonchev–Trinajstić information content (AvgIpc) is 2.77. The van der Waals surface area contributed by atoms with Gasteiger partial charge in [0.15, 0.2) is 0 Å². The molecular formula is C14H14Cl2N2O2S. The number of nitro benzene ring substituents is 1. The summed E-state index contributed by atoms with van der Waals surface area (Å²) in [6.07, 6.45) is 0.484. The molecule has 21 heavy (non-hydrogen) atoms. The number of nitro groups is 1. The Morgan fingerprint density at radius 1 is 1.38 bits per heavy atom. The quantitative estimate of drug-likeness (QED) is 0.601. The molecular weight excluding hydrogens is 331 g/mol. The minimum atomic E-state index is -0.361. The zero-order valence-electron chi connectivity index (χ0n) is 11.3. The number of rotatable bonds is 6. The van der Waals surface area contributed by atoms with Crippen LogP contribution in [-0.4, -0.2) is 11.5 Å². The molecule has 0 aliphatic rings. The zero-order valence-corrected chi connectivity index (χ0v) is 13.6. The Morgan fingerprint density at radius 2 is 2.10 bits per heavy atom. The fourth-order valence-corrected chi connectivity index (χ4v) is 3.79. The summed E-state index contributed by atoms with van der Waals surface area (Å²) in [6, 6.07) is 8.46. The third-order valence-electron chi connectivity index (χ3n) is 3.12. The lowest BCUT2D eigenvalue weighted by Gasteiger charge is -2.17. The molecule has 1 aromatic heterocycles. The number of para-hydroxylation sites is 1. The van der Waals surface area contributed by atoms with Gasteiger partial charge in [-0.2, -0.15) is 0 Å². The van der Waals surface area contributed by atoms with Gasteiger partial charge in [-0.3, -0.25) is 10.1 Å². The number of nitrogens with zero attached hydrogens (tertiary/aromatic N) is 1. The molecule has 7 heteroatoms. The second-order valence-electron chi connectivity index (χ2n) is 4.48. The minimum absolute atomic E-state index is 0.104. The molecule has 2 rings (SSSR count).